The quantitative estimate of drug-likeness (QED) is 0.910. The van der Waals surface area contributed by atoms with Crippen molar-refractivity contribution in [2.45, 2.75) is 25.7 Å². The Morgan fingerprint density at radius 3 is 2.57 bits per heavy atom. The fraction of sp³-hybridized carbons (Fsp3) is 0.312. The lowest BCUT2D eigenvalue weighted by atomic mass is 10.1. The van der Waals surface area contributed by atoms with Crippen LogP contribution in [-0.2, 0) is 17.5 Å². The van der Waals surface area contributed by atoms with Crippen molar-refractivity contribution < 1.29 is 22.4 Å². The molecule has 0 saturated carbocycles. The van der Waals surface area contributed by atoms with Crippen LogP contribution in [0.2, 0.25) is 0 Å². The molecule has 2 aromatic rings. The van der Waals surface area contributed by atoms with Crippen LogP contribution >= 0.6 is 0 Å². The maximum Gasteiger partial charge on any atom is 0.418 e. The summed E-state index contributed by atoms with van der Waals surface area (Å²) in [5, 5.41) is 2.35. The summed E-state index contributed by atoms with van der Waals surface area (Å²) in [4.78, 5) is 13.9. The Balaban J connectivity index is 2.07. The Bertz CT molecular complexity index is 654. The molecule has 1 heterocycles. The van der Waals surface area contributed by atoms with Crippen LogP contribution in [0.4, 0.5) is 18.9 Å². The Labute approximate surface area is 131 Å². The summed E-state index contributed by atoms with van der Waals surface area (Å²) < 4.78 is 44.0. The van der Waals surface area contributed by atoms with Crippen LogP contribution in [0.1, 0.15) is 18.2 Å². The minimum Gasteiger partial charge on any atom is -0.468 e. The van der Waals surface area contributed by atoms with E-state index in [1.807, 2.05) is 0 Å². The van der Waals surface area contributed by atoms with Gasteiger partial charge in [-0.1, -0.05) is 12.1 Å². The predicted octanol–water partition coefficient (Wildman–Crippen LogP) is 3.76. The van der Waals surface area contributed by atoms with Gasteiger partial charge in [0.2, 0.25) is 5.91 Å². The van der Waals surface area contributed by atoms with E-state index < -0.39 is 23.7 Å². The molecule has 0 aliphatic rings. The number of rotatable bonds is 5. The van der Waals surface area contributed by atoms with Gasteiger partial charge in [0, 0.05) is 0 Å². The summed E-state index contributed by atoms with van der Waals surface area (Å²) in [5.74, 6) is 0.151. The number of carbonyl (C=O) groups excluding carboxylic acids is 1. The number of nitrogens with zero attached hydrogens (tertiary/aromatic N) is 1. The van der Waals surface area contributed by atoms with Crippen molar-refractivity contribution >= 4 is 11.6 Å². The number of anilines is 1. The van der Waals surface area contributed by atoms with E-state index in [9.17, 15) is 18.0 Å². The number of carbonyl (C=O) groups is 1. The lowest BCUT2D eigenvalue weighted by Gasteiger charge is -2.23. The van der Waals surface area contributed by atoms with Crippen molar-refractivity contribution in [1.29, 1.82) is 0 Å². The van der Waals surface area contributed by atoms with Crippen LogP contribution in [-0.4, -0.2) is 23.9 Å². The number of hydrogen-bond acceptors (Lipinski definition) is 3. The first-order valence-corrected chi connectivity index (χ1v) is 6.98. The molecule has 0 radical (unpaired) electrons. The number of furan rings is 1. The molecule has 7 heteroatoms. The van der Waals surface area contributed by atoms with Crippen molar-refractivity contribution in [3.8, 4) is 0 Å². The van der Waals surface area contributed by atoms with Gasteiger partial charge < -0.3 is 9.73 Å². The zero-order chi connectivity index (χ0) is 17.0. The Hall–Kier alpha value is -2.28. The van der Waals surface area contributed by atoms with Gasteiger partial charge in [0.05, 0.1) is 30.1 Å². The summed E-state index contributed by atoms with van der Waals surface area (Å²) >= 11 is 0. The number of alkyl halides is 3. The second kappa shape index (κ2) is 6.87. The van der Waals surface area contributed by atoms with Crippen molar-refractivity contribution in [2.75, 3.05) is 12.4 Å². The lowest BCUT2D eigenvalue weighted by molar-refractivity contribution is -0.137. The molecule has 1 aromatic heterocycles. The van der Waals surface area contributed by atoms with Gasteiger partial charge in [-0.3, -0.25) is 9.69 Å². The van der Waals surface area contributed by atoms with Gasteiger partial charge in [-0.2, -0.15) is 13.2 Å². The number of nitrogens with one attached hydrogen (secondary N) is 1. The van der Waals surface area contributed by atoms with Crippen molar-refractivity contribution in [2.24, 2.45) is 0 Å². The average Bonchev–Trinajstić information content (AvgIpc) is 2.98. The van der Waals surface area contributed by atoms with E-state index in [2.05, 4.69) is 5.32 Å². The first-order chi connectivity index (χ1) is 10.8. The Morgan fingerprint density at radius 2 is 1.96 bits per heavy atom. The molecule has 1 amide bonds. The standard InChI is InChI=1S/C16H17F3N2O2/c1-11(21(2)10-12-6-5-9-23-12)15(22)20-14-8-4-3-7-13(14)16(17,18)19/h3-9,11H,10H2,1-2H3,(H,20,22)/t11-/m1/s1. The van der Waals surface area contributed by atoms with Gasteiger partial charge in [0.25, 0.3) is 0 Å². The zero-order valence-electron chi connectivity index (χ0n) is 12.7. The first-order valence-electron chi connectivity index (χ1n) is 6.98. The molecule has 1 atom stereocenters. The molecule has 0 aliphatic heterocycles. The van der Waals surface area contributed by atoms with Gasteiger partial charge in [0.1, 0.15) is 5.76 Å². The fourth-order valence-electron chi connectivity index (χ4n) is 2.06. The number of benzene rings is 1. The van der Waals surface area contributed by atoms with Gasteiger partial charge >= 0.3 is 6.18 Å². The largest absolute Gasteiger partial charge is 0.468 e. The van der Waals surface area contributed by atoms with Gasteiger partial charge in [-0.05, 0) is 38.2 Å². The molecular weight excluding hydrogens is 309 g/mol. The predicted molar refractivity (Wildman–Crippen MR) is 79.7 cm³/mol. The van der Waals surface area contributed by atoms with E-state index in [1.54, 1.807) is 31.0 Å². The highest BCUT2D eigenvalue weighted by molar-refractivity contribution is 5.95. The molecule has 0 spiro atoms. The average molecular weight is 326 g/mol. The maximum atomic E-state index is 12.9. The van der Waals surface area contributed by atoms with Crippen LogP contribution in [0.25, 0.3) is 0 Å². The number of amides is 1. The van der Waals surface area contributed by atoms with E-state index in [1.165, 1.54) is 24.5 Å². The third-order valence-electron chi connectivity index (χ3n) is 3.52. The summed E-state index contributed by atoms with van der Waals surface area (Å²) in [6.07, 6.45) is -3.00. The second-order valence-electron chi connectivity index (χ2n) is 5.20. The van der Waals surface area contributed by atoms with E-state index >= 15 is 0 Å². The molecule has 23 heavy (non-hydrogen) atoms. The van der Waals surface area contributed by atoms with E-state index in [-0.39, 0.29) is 5.69 Å². The number of likely N-dealkylation sites (N-methyl/N-ethyl adjacent to an activating group) is 1. The smallest absolute Gasteiger partial charge is 0.418 e. The molecule has 0 saturated heterocycles. The summed E-state index contributed by atoms with van der Waals surface area (Å²) in [5.41, 5.74) is -1.11. The summed E-state index contributed by atoms with van der Waals surface area (Å²) in [6.45, 7) is 2.00. The monoisotopic (exact) mass is 326 g/mol. The minimum atomic E-state index is -4.52. The van der Waals surface area contributed by atoms with Crippen LogP contribution < -0.4 is 5.32 Å². The molecule has 1 N–H and O–H groups in total. The first kappa shape index (κ1) is 17.1. The minimum absolute atomic E-state index is 0.247. The third-order valence-corrected chi connectivity index (χ3v) is 3.52. The van der Waals surface area contributed by atoms with E-state index in [0.717, 1.165) is 6.07 Å². The van der Waals surface area contributed by atoms with E-state index in [0.29, 0.717) is 12.3 Å². The van der Waals surface area contributed by atoms with E-state index in [4.69, 9.17) is 4.42 Å². The number of hydrogen-bond donors (Lipinski definition) is 1. The van der Waals surface area contributed by atoms with Crippen LogP contribution in [0.3, 0.4) is 0 Å². The van der Waals surface area contributed by atoms with Gasteiger partial charge in [-0.25, -0.2) is 0 Å². The van der Waals surface area contributed by atoms with Crippen molar-refractivity contribution in [3.05, 3.63) is 54.0 Å². The second-order valence-corrected chi connectivity index (χ2v) is 5.20. The summed E-state index contributed by atoms with van der Waals surface area (Å²) in [7, 11) is 1.70. The number of para-hydroxylation sites is 1. The SMILES string of the molecule is C[C@H](C(=O)Nc1ccccc1C(F)(F)F)N(C)Cc1ccco1. The van der Waals surface area contributed by atoms with Crippen molar-refractivity contribution in [1.82, 2.24) is 4.90 Å². The Kier molecular flexibility index (Phi) is 5.10. The van der Waals surface area contributed by atoms with Gasteiger partial charge in [-0.15, -0.1) is 0 Å². The highest BCUT2D eigenvalue weighted by Crippen LogP contribution is 2.34. The molecule has 1 aromatic carbocycles. The molecular formula is C16H17F3N2O2. The zero-order valence-corrected chi connectivity index (χ0v) is 12.7. The normalized spacial score (nSPS) is 13.1. The molecule has 124 valence electrons. The fourth-order valence-corrected chi connectivity index (χ4v) is 2.06. The van der Waals surface area contributed by atoms with Crippen LogP contribution in [0, 0.1) is 0 Å². The number of halogens is 3. The topological polar surface area (TPSA) is 45.5 Å². The van der Waals surface area contributed by atoms with Crippen LogP contribution in [0.15, 0.2) is 47.1 Å². The van der Waals surface area contributed by atoms with Crippen molar-refractivity contribution in [3.63, 3.8) is 0 Å². The highest BCUT2D eigenvalue weighted by atomic mass is 19.4. The Morgan fingerprint density at radius 1 is 1.26 bits per heavy atom. The molecule has 2 rings (SSSR count). The molecule has 0 unspecified atom stereocenters. The van der Waals surface area contributed by atoms with Gasteiger partial charge in [0.15, 0.2) is 0 Å². The molecule has 4 nitrogen and oxygen atoms in total. The highest BCUT2D eigenvalue weighted by Gasteiger charge is 2.34. The lowest BCUT2D eigenvalue weighted by Crippen LogP contribution is -2.39. The molecule has 0 bridgehead atoms. The molecule has 0 fully saturated rings. The summed E-state index contributed by atoms with van der Waals surface area (Å²) in [6, 6.07) is 7.77. The molecule has 0 aliphatic carbocycles. The van der Waals surface area contributed by atoms with Crippen LogP contribution in [0.5, 0.6) is 0 Å². The third kappa shape index (κ3) is 4.35. The maximum absolute atomic E-state index is 12.9.